The number of rotatable bonds is 7. The summed E-state index contributed by atoms with van der Waals surface area (Å²) in [6.07, 6.45) is 28.3. The molecule has 6 aliphatic rings. The lowest BCUT2D eigenvalue weighted by molar-refractivity contribution is -0.172. The molecule has 2 saturated carbocycles. The number of esters is 1. The fraction of sp³-hybridized carbons (Fsp3) is 0.413. The van der Waals surface area contributed by atoms with Crippen LogP contribution in [0.25, 0.3) is 39.0 Å². The number of thiophene rings is 1. The van der Waals surface area contributed by atoms with E-state index in [1.165, 1.54) is 68.5 Å². The predicted octanol–water partition coefficient (Wildman–Crippen LogP) is 11.6. The molecule has 262 valence electrons. The third kappa shape index (κ3) is 6.47. The van der Waals surface area contributed by atoms with Gasteiger partial charge in [-0.2, -0.15) is 0 Å². The monoisotopic (exact) mass is 696 g/mol. The maximum atomic E-state index is 13.0. The van der Waals surface area contributed by atoms with Crippen LogP contribution in [0.2, 0.25) is 0 Å². The molecular formula is C46H48O4S. The molecule has 2 fully saturated rings. The van der Waals surface area contributed by atoms with E-state index in [1.807, 2.05) is 11.3 Å². The number of carbonyl (C=O) groups excluding carboxylic acids is 1. The third-order valence-corrected chi connectivity index (χ3v) is 13.5. The van der Waals surface area contributed by atoms with Gasteiger partial charge < -0.3 is 14.6 Å². The first-order valence-corrected chi connectivity index (χ1v) is 20.2. The van der Waals surface area contributed by atoms with Crippen molar-refractivity contribution in [3.8, 4) is 0 Å². The number of fused-ring (bicyclic) bond motifs is 4. The zero-order chi connectivity index (χ0) is 34.5. The first-order chi connectivity index (χ1) is 25.0. The first-order valence-electron chi connectivity index (χ1n) is 19.4. The number of hydrogen-bond acceptors (Lipinski definition) is 5. The number of hydrogen-bond donors (Lipinski definition) is 1. The molecule has 0 aliphatic heterocycles. The molecule has 3 aromatic rings. The Labute approximate surface area is 305 Å². The minimum atomic E-state index is -0.713. The van der Waals surface area contributed by atoms with Crippen LogP contribution in [-0.2, 0) is 14.3 Å². The summed E-state index contributed by atoms with van der Waals surface area (Å²) in [5.74, 6) is 0.594. The van der Waals surface area contributed by atoms with Crippen LogP contribution in [0.15, 0.2) is 78.9 Å². The lowest BCUT2D eigenvalue weighted by atomic mass is 9.79. The highest BCUT2D eigenvalue weighted by atomic mass is 32.1. The van der Waals surface area contributed by atoms with Crippen molar-refractivity contribution in [1.29, 1.82) is 0 Å². The molecule has 0 radical (unpaired) electrons. The smallest absolute Gasteiger partial charge is 0.309 e. The first kappa shape index (κ1) is 33.1. The average molecular weight is 697 g/mol. The number of allylic oxidation sites excluding steroid dienone is 6. The van der Waals surface area contributed by atoms with Crippen molar-refractivity contribution in [2.24, 2.45) is 17.8 Å². The Morgan fingerprint density at radius 1 is 0.882 bits per heavy atom. The van der Waals surface area contributed by atoms with Crippen LogP contribution in [0.5, 0.6) is 0 Å². The van der Waals surface area contributed by atoms with Crippen molar-refractivity contribution in [3.63, 3.8) is 0 Å². The van der Waals surface area contributed by atoms with Crippen molar-refractivity contribution in [3.05, 3.63) is 112 Å². The van der Waals surface area contributed by atoms with E-state index in [0.29, 0.717) is 0 Å². The standard InChI is InChI=1S/C46H48O4S/c1-28-38(33-19-18-29-14-8-17-42(40(29)23-33)50-46(48)31-12-6-3-7-13-31)24-35-26-44-36(25-39(28)35)27-43(51-44)34-20-21-37-32(22-34)15-9-16-41(37)49-45(47)30-10-4-2-5-11-30/h8-9,14-15,18-21,23-27,30-32,41-42,46,48H,1-7,10-13,16-17,22H2. The second-order valence-electron chi connectivity index (χ2n) is 15.6. The second kappa shape index (κ2) is 14.0. The number of aliphatic hydroxyl groups excluding tert-OH is 1. The van der Waals surface area contributed by atoms with E-state index in [0.717, 1.165) is 80.1 Å². The van der Waals surface area contributed by atoms with Crippen LogP contribution < -0.4 is 0 Å². The topological polar surface area (TPSA) is 55.8 Å². The summed E-state index contributed by atoms with van der Waals surface area (Å²) < 4.78 is 13.8. The summed E-state index contributed by atoms with van der Waals surface area (Å²) in [5.41, 5.74) is 10.7. The molecule has 1 N–H and O–H groups in total. The van der Waals surface area contributed by atoms with Crippen LogP contribution in [0.3, 0.4) is 0 Å². The van der Waals surface area contributed by atoms with Crippen molar-refractivity contribution >= 4 is 56.3 Å². The highest BCUT2D eigenvalue weighted by Gasteiger charge is 2.33. The number of ether oxygens (including phenoxy) is 2. The lowest BCUT2D eigenvalue weighted by Crippen LogP contribution is -2.31. The van der Waals surface area contributed by atoms with Gasteiger partial charge in [0.25, 0.3) is 0 Å². The van der Waals surface area contributed by atoms with Crippen molar-refractivity contribution < 1.29 is 19.4 Å². The summed E-state index contributed by atoms with van der Waals surface area (Å²) in [5, 5.41) is 12.3. The van der Waals surface area contributed by atoms with Gasteiger partial charge in [0.05, 0.1) is 12.0 Å². The van der Waals surface area contributed by atoms with Crippen LogP contribution in [0.1, 0.15) is 122 Å². The van der Waals surface area contributed by atoms with Gasteiger partial charge >= 0.3 is 5.97 Å². The van der Waals surface area contributed by atoms with E-state index >= 15 is 0 Å². The average Bonchev–Trinajstić information content (AvgIpc) is 3.74. The van der Waals surface area contributed by atoms with Gasteiger partial charge in [-0.05, 0) is 124 Å². The summed E-state index contributed by atoms with van der Waals surface area (Å²) in [4.78, 5) is 14.3. The van der Waals surface area contributed by atoms with E-state index < -0.39 is 6.29 Å². The minimum Gasteiger partial charge on any atom is -0.457 e. The van der Waals surface area contributed by atoms with Gasteiger partial charge in [0.1, 0.15) is 6.10 Å². The molecule has 0 saturated heterocycles. The van der Waals surface area contributed by atoms with Gasteiger partial charge in [-0.15, -0.1) is 11.3 Å². The Balaban J connectivity index is 0.937. The summed E-state index contributed by atoms with van der Waals surface area (Å²) in [6, 6.07) is 13.6. The van der Waals surface area contributed by atoms with Gasteiger partial charge in [-0.1, -0.05) is 93.7 Å². The van der Waals surface area contributed by atoms with Crippen LogP contribution in [0.4, 0.5) is 0 Å². The molecule has 4 nitrogen and oxygen atoms in total. The SMILES string of the molecule is C=C1C(c2ccc3c(c2)C(OC(O)C2CCCCC2)CC=C3)=Cc2cc3sc(C4=CC=C5C(C=CCC5OC(=O)C5CCCCC5)C4)cc3cc21. The molecule has 1 heterocycles. The molecule has 4 unspecified atom stereocenters. The zero-order valence-electron chi connectivity index (χ0n) is 29.4. The third-order valence-electron chi connectivity index (χ3n) is 12.3. The van der Waals surface area contributed by atoms with E-state index in [2.05, 4.69) is 85.5 Å². The minimum absolute atomic E-state index is 0.00691. The van der Waals surface area contributed by atoms with Gasteiger partial charge in [0.2, 0.25) is 0 Å². The molecule has 9 rings (SSSR count). The number of benzene rings is 2. The lowest BCUT2D eigenvalue weighted by Gasteiger charge is -2.32. The normalized spacial score (nSPS) is 25.5. The fourth-order valence-corrected chi connectivity index (χ4v) is 10.5. The highest BCUT2D eigenvalue weighted by Crippen LogP contribution is 2.47. The molecule has 4 atom stereocenters. The van der Waals surface area contributed by atoms with Gasteiger partial charge in [-0.25, -0.2) is 0 Å². The molecule has 0 amide bonds. The van der Waals surface area contributed by atoms with Crippen LogP contribution >= 0.6 is 11.3 Å². The molecule has 1 aromatic heterocycles. The summed E-state index contributed by atoms with van der Waals surface area (Å²) in [6.45, 7) is 4.59. The molecule has 5 heteroatoms. The molecule has 6 aliphatic carbocycles. The number of aliphatic hydroxyl groups is 1. The van der Waals surface area contributed by atoms with Gasteiger partial charge in [0, 0.05) is 27.8 Å². The fourth-order valence-electron chi connectivity index (χ4n) is 9.38. The summed E-state index contributed by atoms with van der Waals surface area (Å²) in [7, 11) is 0. The largest absolute Gasteiger partial charge is 0.457 e. The zero-order valence-corrected chi connectivity index (χ0v) is 30.3. The Morgan fingerprint density at radius 3 is 2.53 bits per heavy atom. The van der Waals surface area contributed by atoms with Crippen LogP contribution in [-0.4, -0.2) is 23.5 Å². The predicted molar refractivity (Wildman–Crippen MR) is 210 cm³/mol. The molecule has 51 heavy (non-hydrogen) atoms. The van der Waals surface area contributed by atoms with E-state index in [1.54, 1.807) is 0 Å². The van der Waals surface area contributed by atoms with Gasteiger partial charge in [0.15, 0.2) is 6.29 Å². The Bertz CT molecular complexity index is 2020. The maximum Gasteiger partial charge on any atom is 0.309 e. The molecule has 2 aromatic carbocycles. The highest BCUT2D eigenvalue weighted by molar-refractivity contribution is 7.20. The molecular weight excluding hydrogens is 649 g/mol. The van der Waals surface area contributed by atoms with Crippen molar-refractivity contribution in [1.82, 2.24) is 0 Å². The van der Waals surface area contributed by atoms with E-state index in [4.69, 9.17) is 9.47 Å². The Morgan fingerprint density at radius 2 is 1.69 bits per heavy atom. The maximum absolute atomic E-state index is 13.0. The number of carbonyl (C=O) groups is 1. The summed E-state index contributed by atoms with van der Waals surface area (Å²) >= 11 is 1.86. The Hall–Kier alpha value is -3.77. The van der Waals surface area contributed by atoms with Gasteiger partial charge in [-0.3, -0.25) is 4.79 Å². The molecule has 0 bridgehead atoms. The molecule has 0 spiro atoms. The van der Waals surface area contributed by atoms with Crippen molar-refractivity contribution in [2.45, 2.75) is 102 Å². The Kier molecular flexibility index (Phi) is 9.08. The quantitative estimate of drug-likeness (QED) is 0.152. The van der Waals surface area contributed by atoms with Crippen molar-refractivity contribution in [2.75, 3.05) is 0 Å². The van der Waals surface area contributed by atoms with E-state index in [9.17, 15) is 9.90 Å². The van der Waals surface area contributed by atoms with Crippen LogP contribution in [0, 0.1) is 17.8 Å². The second-order valence-corrected chi connectivity index (χ2v) is 16.7. The van der Waals surface area contributed by atoms with E-state index in [-0.39, 0.29) is 35.9 Å².